The van der Waals surface area contributed by atoms with E-state index in [4.69, 9.17) is 32.7 Å². The topological polar surface area (TPSA) is 67.8 Å². The maximum atomic E-state index is 12.1. The van der Waals surface area contributed by atoms with Crippen molar-refractivity contribution in [3.63, 3.8) is 0 Å². The van der Waals surface area contributed by atoms with E-state index in [1.165, 1.54) is 11.1 Å². The Bertz CT molecular complexity index is 1000. The molecule has 0 saturated heterocycles. The Morgan fingerprint density at radius 3 is 2.34 bits per heavy atom. The fourth-order valence-electron chi connectivity index (χ4n) is 4.78. The normalized spacial score (nSPS) is 16.5. The minimum atomic E-state index is -0.747. The summed E-state index contributed by atoms with van der Waals surface area (Å²) < 4.78 is 11.0. The zero-order valence-electron chi connectivity index (χ0n) is 21.2. The first-order valence-electron chi connectivity index (χ1n) is 12.3. The smallest absolute Gasteiger partial charge is 0.313 e. The summed E-state index contributed by atoms with van der Waals surface area (Å²) in [5, 5.41) is 14.7. The van der Waals surface area contributed by atoms with E-state index >= 15 is 0 Å². The van der Waals surface area contributed by atoms with Gasteiger partial charge in [-0.05, 0) is 82.6 Å². The number of benzene rings is 2. The number of aliphatic hydroxyl groups is 1. The van der Waals surface area contributed by atoms with Crippen LogP contribution in [0.2, 0.25) is 10.0 Å². The number of esters is 1. The second kappa shape index (κ2) is 12.0. The number of carbonyl (C=O) groups is 1. The number of hydrogen-bond acceptors (Lipinski definition) is 5. The second-order valence-electron chi connectivity index (χ2n) is 10.2. The summed E-state index contributed by atoms with van der Waals surface area (Å²) in [5.74, 6) is 0.0531. The van der Waals surface area contributed by atoms with Crippen LogP contribution in [-0.4, -0.2) is 42.0 Å². The first-order valence-corrected chi connectivity index (χ1v) is 13.1. The third-order valence-corrected chi connectivity index (χ3v) is 7.64. The lowest BCUT2D eigenvalue weighted by Crippen LogP contribution is -2.48. The van der Waals surface area contributed by atoms with Crippen molar-refractivity contribution in [2.75, 3.05) is 13.2 Å². The van der Waals surface area contributed by atoms with Gasteiger partial charge >= 0.3 is 5.97 Å². The summed E-state index contributed by atoms with van der Waals surface area (Å²) in [6.07, 6.45) is 1.96. The van der Waals surface area contributed by atoms with Gasteiger partial charge in [0.2, 0.25) is 0 Å². The minimum absolute atomic E-state index is 0.126. The predicted molar refractivity (Wildman–Crippen MR) is 142 cm³/mol. The Kier molecular flexibility index (Phi) is 9.50. The number of hydrogen-bond donors (Lipinski definition) is 2. The van der Waals surface area contributed by atoms with Gasteiger partial charge in [-0.15, -0.1) is 0 Å². The molecule has 1 aliphatic carbocycles. The highest BCUT2D eigenvalue weighted by molar-refractivity contribution is 6.43. The summed E-state index contributed by atoms with van der Waals surface area (Å²) in [5.41, 5.74) is 3.36. The molecular formula is C28H37Cl2NO4. The zero-order valence-corrected chi connectivity index (χ0v) is 22.7. The summed E-state index contributed by atoms with van der Waals surface area (Å²) in [6, 6.07) is 12.1. The van der Waals surface area contributed by atoms with Gasteiger partial charge in [0.05, 0.1) is 17.5 Å². The molecule has 3 atom stereocenters. The molecule has 7 heteroatoms. The average Bonchev–Trinajstić information content (AvgIpc) is 3.21. The molecule has 192 valence electrons. The molecule has 0 bridgehead atoms. The minimum Gasteiger partial charge on any atom is -0.486 e. The van der Waals surface area contributed by atoms with Crippen molar-refractivity contribution in [2.45, 2.75) is 77.5 Å². The van der Waals surface area contributed by atoms with Crippen molar-refractivity contribution in [3.05, 3.63) is 63.1 Å². The summed E-state index contributed by atoms with van der Waals surface area (Å²) in [7, 11) is 0. The molecular weight excluding hydrogens is 485 g/mol. The van der Waals surface area contributed by atoms with Gasteiger partial charge in [-0.25, -0.2) is 0 Å². The van der Waals surface area contributed by atoms with Crippen molar-refractivity contribution in [2.24, 2.45) is 5.92 Å². The average molecular weight is 523 g/mol. The van der Waals surface area contributed by atoms with Crippen LogP contribution < -0.4 is 10.1 Å². The maximum absolute atomic E-state index is 12.1. The summed E-state index contributed by atoms with van der Waals surface area (Å²) >= 11 is 12.9. The molecule has 1 unspecified atom stereocenters. The van der Waals surface area contributed by atoms with Gasteiger partial charge in [-0.1, -0.05) is 53.5 Å². The van der Waals surface area contributed by atoms with E-state index in [9.17, 15) is 9.90 Å². The number of β-amino-alcohol motifs (C(OH)–C–C–N with tert-alkyl or cyclic N) is 1. The van der Waals surface area contributed by atoms with E-state index in [1.54, 1.807) is 32.9 Å². The van der Waals surface area contributed by atoms with Crippen LogP contribution in [0.25, 0.3) is 0 Å². The van der Waals surface area contributed by atoms with Crippen molar-refractivity contribution in [3.8, 4) is 5.75 Å². The fraction of sp³-hybridized carbons (Fsp3) is 0.536. The SMILES string of the molecule is CCOC(=O)C(C)c1ccc(O[C@H](C)[C@H](O)CNC(C)(C)CC2Cc3ccccc3C2)c(Cl)c1Cl. The third kappa shape index (κ3) is 7.13. The number of nitrogens with one attached hydrogen (secondary N) is 1. The second-order valence-corrected chi connectivity index (χ2v) is 10.9. The summed E-state index contributed by atoms with van der Waals surface area (Å²) in [4.78, 5) is 12.1. The van der Waals surface area contributed by atoms with Crippen LogP contribution in [0.4, 0.5) is 0 Å². The lowest BCUT2D eigenvalue weighted by molar-refractivity contribution is -0.144. The largest absolute Gasteiger partial charge is 0.486 e. The van der Waals surface area contributed by atoms with Crippen LogP contribution in [0.1, 0.15) is 63.6 Å². The molecule has 0 amide bonds. The quantitative estimate of drug-likeness (QED) is 0.357. The van der Waals surface area contributed by atoms with Gasteiger partial charge in [0, 0.05) is 12.1 Å². The molecule has 35 heavy (non-hydrogen) atoms. The fourth-order valence-corrected chi connectivity index (χ4v) is 5.32. The Labute approximate surface area is 219 Å². The molecule has 0 radical (unpaired) electrons. The van der Waals surface area contributed by atoms with E-state index in [-0.39, 0.29) is 21.6 Å². The molecule has 5 nitrogen and oxygen atoms in total. The molecule has 1 aliphatic rings. The predicted octanol–water partition coefficient (Wildman–Crippen LogP) is 5.96. The molecule has 2 N–H and O–H groups in total. The molecule has 0 heterocycles. The van der Waals surface area contributed by atoms with Gasteiger partial charge in [-0.3, -0.25) is 4.79 Å². The molecule has 3 rings (SSSR count). The van der Waals surface area contributed by atoms with Crippen LogP contribution in [0.15, 0.2) is 36.4 Å². The highest BCUT2D eigenvalue weighted by Gasteiger charge is 2.29. The van der Waals surface area contributed by atoms with Crippen LogP contribution in [-0.2, 0) is 22.4 Å². The Morgan fingerprint density at radius 1 is 1.11 bits per heavy atom. The van der Waals surface area contributed by atoms with Gasteiger partial charge < -0.3 is 19.9 Å². The standard InChI is InChI=1S/C28H37Cl2NO4/c1-6-34-27(33)17(2)22-11-12-24(26(30)25(22)29)35-18(3)23(32)16-31-28(4,5)15-19-13-20-9-7-8-10-21(20)14-19/h7-12,17-19,23,31-32H,6,13-16H2,1-5H3/t17?,18-,23-/m1/s1. The van der Waals surface area contributed by atoms with Crippen molar-refractivity contribution >= 4 is 29.2 Å². The number of aliphatic hydroxyl groups excluding tert-OH is 1. The molecule has 0 saturated carbocycles. The highest BCUT2D eigenvalue weighted by Crippen LogP contribution is 2.39. The first kappa shape index (κ1) is 27.8. The van der Waals surface area contributed by atoms with E-state index in [1.807, 2.05) is 0 Å². The molecule has 0 spiro atoms. The number of halogens is 2. The van der Waals surface area contributed by atoms with Gasteiger partial charge in [0.25, 0.3) is 0 Å². The van der Waals surface area contributed by atoms with Gasteiger partial charge in [-0.2, -0.15) is 0 Å². The first-order chi connectivity index (χ1) is 16.5. The summed E-state index contributed by atoms with van der Waals surface area (Å²) in [6.45, 7) is 10.3. The van der Waals surface area contributed by atoms with E-state index < -0.39 is 18.1 Å². The number of fused-ring (bicyclic) bond motifs is 1. The molecule has 2 aromatic rings. The van der Waals surface area contributed by atoms with Gasteiger partial charge in [0.1, 0.15) is 23.0 Å². The Hall–Kier alpha value is -1.79. The number of rotatable bonds is 11. The molecule has 0 aliphatic heterocycles. The van der Waals surface area contributed by atoms with Crippen LogP contribution >= 0.6 is 23.2 Å². The highest BCUT2D eigenvalue weighted by atomic mass is 35.5. The van der Waals surface area contributed by atoms with Crippen molar-refractivity contribution in [1.82, 2.24) is 5.32 Å². The molecule has 0 aromatic heterocycles. The lowest BCUT2D eigenvalue weighted by atomic mass is 9.88. The van der Waals surface area contributed by atoms with Crippen LogP contribution in [0.3, 0.4) is 0 Å². The van der Waals surface area contributed by atoms with E-state index in [2.05, 4.69) is 43.4 Å². The maximum Gasteiger partial charge on any atom is 0.313 e. The Morgan fingerprint density at radius 2 is 1.74 bits per heavy atom. The Balaban J connectivity index is 1.54. The van der Waals surface area contributed by atoms with Crippen LogP contribution in [0.5, 0.6) is 5.75 Å². The number of carbonyl (C=O) groups excluding carboxylic acids is 1. The zero-order chi connectivity index (χ0) is 25.8. The van der Waals surface area contributed by atoms with Gasteiger partial charge in [0.15, 0.2) is 0 Å². The van der Waals surface area contributed by atoms with E-state index in [0.717, 1.165) is 19.3 Å². The van der Waals surface area contributed by atoms with Crippen LogP contribution in [0, 0.1) is 5.92 Å². The monoisotopic (exact) mass is 521 g/mol. The lowest BCUT2D eigenvalue weighted by Gasteiger charge is -2.32. The molecule has 0 fully saturated rings. The molecule has 2 aromatic carbocycles. The van der Waals surface area contributed by atoms with Crippen molar-refractivity contribution < 1.29 is 19.4 Å². The van der Waals surface area contributed by atoms with E-state index in [0.29, 0.717) is 30.4 Å². The third-order valence-electron chi connectivity index (χ3n) is 6.76. The van der Waals surface area contributed by atoms with Crippen molar-refractivity contribution in [1.29, 1.82) is 0 Å². The number of ether oxygens (including phenoxy) is 2.